The summed E-state index contributed by atoms with van der Waals surface area (Å²) in [6.45, 7) is 2.29. The highest BCUT2D eigenvalue weighted by atomic mass is 16.1. The first kappa shape index (κ1) is 18.5. The summed E-state index contributed by atoms with van der Waals surface area (Å²) in [7, 11) is 0. The van der Waals surface area contributed by atoms with Gasteiger partial charge in [-0.05, 0) is 31.1 Å². The first-order chi connectivity index (χ1) is 10.4. The minimum absolute atomic E-state index is 0.587. The van der Waals surface area contributed by atoms with Crippen molar-refractivity contribution in [1.29, 1.82) is 0 Å². The Kier molecular flexibility index (Phi) is 11.5. The van der Waals surface area contributed by atoms with Crippen LogP contribution in [0.3, 0.4) is 0 Å². The summed E-state index contributed by atoms with van der Waals surface area (Å²) in [6.07, 6.45) is 24.1. The third-order valence-electron chi connectivity index (χ3n) is 5.09. The predicted octanol–water partition coefficient (Wildman–Crippen LogP) is 6.47. The molecule has 2 atom stereocenters. The molecule has 0 spiro atoms. The molecule has 1 aliphatic carbocycles. The van der Waals surface area contributed by atoms with Gasteiger partial charge in [0.25, 0.3) is 0 Å². The number of hydrogen-bond donors (Lipinski definition) is 0. The van der Waals surface area contributed by atoms with Crippen LogP contribution in [0, 0.1) is 11.8 Å². The summed E-state index contributed by atoms with van der Waals surface area (Å²) in [5.41, 5.74) is 0. The Balaban J connectivity index is 2.04. The molecular weight excluding hydrogens is 256 g/mol. The molecule has 0 aliphatic heterocycles. The van der Waals surface area contributed by atoms with Crippen LogP contribution in [0.1, 0.15) is 96.8 Å². The molecule has 0 bridgehead atoms. The molecule has 0 amide bonds. The van der Waals surface area contributed by atoms with Crippen molar-refractivity contribution >= 4 is 6.29 Å². The van der Waals surface area contributed by atoms with E-state index < -0.39 is 0 Å². The monoisotopic (exact) mass is 292 g/mol. The molecule has 0 N–H and O–H groups in total. The molecular formula is C20H36O. The van der Waals surface area contributed by atoms with Crippen LogP contribution in [-0.4, -0.2) is 6.29 Å². The number of hydrogen-bond acceptors (Lipinski definition) is 1. The number of allylic oxidation sites excluding steroid dienone is 2. The van der Waals surface area contributed by atoms with E-state index in [1.165, 1.54) is 77.0 Å². The smallest absolute Gasteiger partial charge is 0.123 e. The number of carbonyl (C=O) groups is 1. The average molecular weight is 293 g/mol. The molecule has 1 nitrogen and oxygen atoms in total. The molecule has 1 saturated carbocycles. The third-order valence-corrected chi connectivity index (χ3v) is 5.09. The molecule has 0 heterocycles. The molecule has 0 saturated heterocycles. The minimum Gasteiger partial charge on any atom is -0.303 e. The van der Waals surface area contributed by atoms with Crippen molar-refractivity contribution < 1.29 is 4.79 Å². The molecule has 122 valence electrons. The highest BCUT2D eigenvalue weighted by molar-refractivity contribution is 5.51. The Morgan fingerprint density at radius 1 is 0.857 bits per heavy atom. The van der Waals surface area contributed by atoms with Gasteiger partial charge in [0.05, 0.1) is 0 Å². The van der Waals surface area contributed by atoms with Crippen LogP contribution in [0.15, 0.2) is 12.2 Å². The van der Waals surface area contributed by atoms with E-state index in [0.29, 0.717) is 6.42 Å². The zero-order valence-corrected chi connectivity index (χ0v) is 14.2. The van der Waals surface area contributed by atoms with Gasteiger partial charge in [-0.25, -0.2) is 0 Å². The second kappa shape index (κ2) is 13.1. The van der Waals surface area contributed by atoms with E-state index >= 15 is 0 Å². The topological polar surface area (TPSA) is 17.1 Å². The fraction of sp³-hybridized carbons (Fsp3) is 0.850. The quantitative estimate of drug-likeness (QED) is 0.216. The predicted molar refractivity (Wildman–Crippen MR) is 92.5 cm³/mol. The van der Waals surface area contributed by atoms with Crippen molar-refractivity contribution in [2.45, 2.75) is 96.8 Å². The van der Waals surface area contributed by atoms with Gasteiger partial charge in [-0.3, -0.25) is 0 Å². The van der Waals surface area contributed by atoms with Gasteiger partial charge in [0.2, 0.25) is 0 Å². The van der Waals surface area contributed by atoms with Crippen molar-refractivity contribution in [3.05, 3.63) is 12.2 Å². The molecule has 1 fully saturated rings. The summed E-state index contributed by atoms with van der Waals surface area (Å²) in [6, 6.07) is 0. The Hall–Kier alpha value is -0.590. The fourth-order valence-corrected chi connectivity index (χ4v) is 3.83. The van der Waals surface area contributed by atoms with Crippen LogP contribution in [0.4, 0.5) is 0 Å². The first-order valence-corrected chi connectivity index (χ1v) is 9.47. The second-order valence-electron chi connectivity index (χ2n) is 6.81. The lowest BCUT2D eigenvalue weighted by atomic mass is 9.87. The Morgan fingerprint density at radius 2 is 1.52 bits per heavy atom. The van der Waals surface area contributed by atoms with Gasteiger partial charge in [0.1, 0.15) is 6.29 Å². The van der Waals surface area contributed by atoms with Crippen LogP contribution in [0.2, 0.25) is 0 Å². The summed E-state index contributed by atoms with van der Waals surface area (Å²) >= 11 is 0. The first-order valence-electron chi connectivity index (χ1n) is 9.47. The molecule has 1 rings (SSSR count). The van der Waals surface area contributed by atoms with Crippen LogP contribution in [-0.2, 0) is 4.79 Å². The van der Waals surface area contributed by atoms with Gasteiger partial charge in [0, 0.05) is 6.42 Å². The number of unbranched alkanes of at least 4 members (excludes halogenated alkanes) is 6. The molecule has 21 heavy (non-hydrogen) atoms. The molecule has 1 heteroatoms. The lowest BCUT2D eigenvalue weighted by molar-refractivity contribution is -0.107. The van der Waals surface area contributed by atoms with Crippen LogP contribution >= 0.6 is 0 Å². The van der Waals surface area contributed by atoms with Crippen molar-refractivity contribution in [2.24, 2.45) is 11.8 Å². The summed E-state index contributed by atoms with van der Waals surface area (Å²) in [4.78, 5) is 10.2. The number of rotatable bonds is 13. The van der Waals surface area contributed by atoms with E-state index in [0.717, 1.165) is 24.5 Å². The van der Waals surface area contributed by atoms with Crippen molar-refractivity contribution in [3.8, 4) is 0 Å². The molecule has 0 aromatic carbocycles. The zero-order valence-electron chi connectivity index (χ0n) is 14.2. The van der Waals surface area contributed by atoms with Gasteiger partial charge in [-0.2, -0.15) is 0 Å². The largest absolute Gasteiger partial charge is 0.303 e. The summed E-state index contributed by atoms with van der Waals surface area (Å²) in [5, 5.41) is 0. The SMILES string of the molecule is CCCCCCCC[C@H]1CCC[C@@H]1CCCC=CCC=O. The van der Waals surface area contributed by atoms with E-state index in [4.69, 9.17) is 0 Å². The normalized spacial score (nSPS) is 22.1. The maximum Gasteiger partial charge on any atom is 0.123 e. The van der Waals surface area contributed by atoms with E-state index in [1.807, 2.05) is 6.08 Å². The van der Waals surface area contributed by atoms with Gasteiger partial charge in [-0.15, -0.1) is 0 Å². The Labute approximate surface area is 132 Å². The van der Waals surface area contributed by atoms with Crippen molar-refractivity contribution in [1.82, 2.24) is 0 Å². The molecule has 0 aromatic heterocycles. The highest BCUT2D eigenvalue weighted by Gasteiger charge is 2.25. The van der Waals surface area contributed by atoms with Crippen LogP contribution < -0.4 is 0 Å². The number of aldehydes is 1. The van der Waals surface area contributed by atoms with Gasteiger partial charge < -0.3 is 4.79 Å². The molecule has 1 aliphatic rings. The van der Waals surface area contributed by atoms with Gasteiger partial charge in [0.15, 0.2) is 0 Å². The van der Waals surface area contributed by atoms with E-state index in [-0.39, 0.29) is 0 Å². The highest BCUT2D eigenvalue weighted by Crippen LogP contribution is 2.38. The van der Waals surface area contributed by atoms with Gasteiger partial charge in [-0.1, -0.05) is 83.3 Å². The summed E-state index contributed by atoms with van der Waals surface area (Å²) in [5.74, 6) is 2.02. The molecule has 0 unspecified atom stereocenters. The average Bonchev–Trinajstić information content (AvgIpc) is 2.94. The Bertz CT molecular complexity index is 269. The molecule has 0 radical (unpaired) electrons. The lowest BCUT2D eigenvalue weighted by Crippen LogP contribution is -2.07. The second-order valence-corrected chi connectivity index (χ2v) is 6.81. The zero-order chi connectivity index (χ0) is 15.2. The maximum atomic E-state index is 10.2. The van der Waals surface area contributed by atoms with Crippen molar-refractivity contribution in [2.75, 3.05) is 0 Å². The van der Waals surface area contributed by atoms with Crippen molar-refractivity contribution in [3.63, 3.8) is 0 Å². The van der Waals surface area contributed by atoms with E-state index in [1.54, 1.807) is 0 Å². The Morgan fingerprint density at radius 3 is 2.24 bits per heavy atom. The molecule has 0 aromatic rings. The standard InChI is InChI=1S/C20H36O/c1-2-3-4-5-7-10-14-19-16-13-17-20(19)15-11-8-6-9-12-18-21/h6,9,18-20H,2-5,7-8,10-17H2,1H3/t19-,20-/m0/s1. The lowest BCUT2D eigenvalue weighted by Gasteiger charge is -2.19. The fourth-order valence-electron chi connectivity index (χ4n) is 3.83. The van der Waals surface area contributed by atoms with Crippen LogP contribution in [0.5, 0.6) is 0 Å². The summed E-state index contributed by atoms with van der Waals surface area (Å²) < 4.78 is 0. The van der Waals surface area contributed by atoms with Gasteiger partial charge >= 0.3 is 0 Å². The third kappa shape index (κ3) is 9.11. The van der Waals surface area contributed by atoms with E-state index in [2.05, 4.69) is 13.0 Å². The minimum atomic E-state index is 0.587. The number of carbonyl (C=O) groups excluding carboxylic acids is 1. The van der Waals surface area contributed by atoms with E-state index in [9.17, 15) is 4.79 Å². The van der Waals surface area contributed by atoms with Crippen LogP contribution in [0.25, 0.3) is 0 Å². The maximum absolute atomic E-state index is 10.2.